The van der Waals surface area contributed by atoms with Crippen LogP contribution in [-0.2, 0) is 0 Å². The minimum Gasteiger partial charge on any atom is -0.422 e. The molecule has 0 heterocycles. The van der Waals surface area contributed by atoms with Gasteiger partial charge in [-0.1, -0.05) is 71.2 Å². The highest BCUT2D eigenvalue weighted by atomic mass is 35.5. The lowest BCUT2D eigenvalue weighted by atomic mass is 10.0. The molecule has 0 saturated carbocycles. The van der Waals surface area contributed by atoms with Crippen LogP contribution in [0, 0.1) is 0 Å². The second kappa shape index (κ2) is 10.0. The lowest BCUT2D eigenvalue weighted by Gasteiger charge is -2.11. The summed E-state index contributed by atoms with van der Waals surface area (Å²) in [7, 11) is 0. The quantitative estimate of drug-likeness (QED) is 0.143. The fourth-order valence-corrected chi connectivity index (χ4v) is 3.83. The molecule has 0 saturated heterocycles. The fraction of sp³-hybridized carbons (Fsp3) is 0. The van der Waals surface area contributed by atoms with Crippen molar-refractivity contribution in [1.82, 2.24) is 5.43 Å². The number of halogens is 3. The first kappa shape index (κ1) is 22.8. The predicted molar refractivity (Wildman–Crippen MR) is 132 cm³/mol. The molecule has 1 N–H and O–H groups in total. The monoisotopic (exact) mass is 496 g/mol. The van der Waals surface area contributed by atoms with Gasteiger partial charge in [0.1, 0.15) is 5.75 Å². The Balaban J connectivity index is 1.64. The maximum atomic E-state index is 12.8. The van der Waals surface area contributed by atoms with Gasteiger partial charge in [0, 0.05) is 21.2 Å². The minimum absolute atomic E-state index is 0.173. The van der Waals surface area contributed by atoms with Crippen LogP contribution in [-0.4, -0.2) is 18.1 Å². The molecule has 164 valence electrons. The average Bonchev–Trinajstić information content (AvgIpc) is 2.80. The van der Waals surface area contributed by atoms with E-state index in [4.69, 9.17) is 39.5 Å². The van der Waals surface area contributed by atoms with Crippen molar-refractivity contribution >= 4 is 63.7 Å². The summed E-state index contributed by atoms with van der Waals surface area (Å²) in [5.74, 6) is -0.824. The Hall–Kier alpha value is -3.38. The predicted octanol–water partition coefficient (Wildman–Crippen LogP) is 6.78. The van der Waals surface area contributed by atoms with E-state index in [1.807, 2.05) is 30.3 Å². The molecule has 0 fully saturated rings. The minimum atomic E-state index is -0.649. The Kier molecular flexibility index (Phi) is 6.94. The van der Waals surface area contributed by atoms with Crippen LogP contribution < -0.4 is 10.2 Å². The highest BCUT2D eigenvalue weighted by Crippen LogP contribution is 2.29. The molecule has 0 aliphatic carbocycles. The van der Waals surface area contributed by atoms with E-state index < -0.39 is 11.9 Å². The third kappa shape index (κ3) is 5.34. The SMILES string of the molecule is O=C(N/N=C\c1c(OC(=O)c2ccc(Cl)cc2Cl)ccc2ccccc12)c1cccc(Cl)c1. The van der Waals surface area contributed by atoms with Crippen molar-refractivity contribution in [3.05, 3.63) is 111 Å². The topological polar surface area (TPSA) is 67.8 Å². The van der Waals surface area contributed by atoms with Gasteiger partial charge < -0.3 is 4.74 Å². The summed E-state index contributed by atoms with van der Waals surface area (Å²) in [5, 5.41) is 6.78. The third-order valence-corrected chi connectivity index (χ3v) is 5.51. The molecule has 0 radical (unpaired) electrons. The average molecular weight is 498 g/mol. The number of nitrogens with zero attached hydrogens (tertiary/aromatic N) is 1. The van der Waals surface area contributed by atoms with E-state index in [1.165, 1.54) is 24.4 Å². The first-order valence-electron chi connectivity index (χ1n) is 9.70. The van der Waals surface area contributed by atoms with E-state index in [0.29, 0.717) is 21.2 Å². The van der Waals surface area contributed by atoms with Crippen LogP contribution in [0.3, 0.4) is 0 Å². The summed E-state index contributed by atoms with van der Waals surface area (Å²) in [4.78, 5) is 25.1. The Morgan fingerprint density at radius 2 is 1.64 bits per heavy atom. The van der Waals surface area contributed by atoms with Gasteiger partial charge in [-0.2, -0.15) is 5.10 Å². The summed E-state index contributed by atoms with van der Waals surface area (Å²) in [6.07, 6.45) is 1.43. The maximum Gasteiger partial charge on any atom is 0.345 e. The largest absolute Gasteiger partial charge is 0.422 e. The van der Waals surface area contributed by atoms with Gasteiger partial charge in [-0.3, -0.25) is 4.79 Å². The second-order valence-corrected chi connectivity index (χ2v) is 8.20. The lowest BCUT2D eigenvalue weighted by Crippen LogP contribution is -2.17. The molecule has 4 rings (SSSR count). The lowest BCUT2D eigenvalue weighted by molar-refractivity contribution is 0.0734. The Labute approximate surface area is 204 Å². The van der Waals surface area contributed by atoms with E-state index >= 15 is 0 Å². The van der Waals surface area contributed by atoms with Crippen LogP contribution in [0.25, 0.3) is 10.8 Å². The van der Waals surface area contributed by atoms with E-state index in [1.54, 1.807) is 30.3 Å². The summed E-state index contributed by atoms with van der Waals surface area (Å²) < 4.78 is 5.63. The van der Waals surface area contributed by atoms with E-state index in [0.717, 1.165) is 10.8 Å². The normalized spacial score (nSPS) is 11.0. The maximum absolute atomic E-state index is 12.8. The fourth-order valence-electron chi connectivity index (χ4n) is 3.16. The van der Waals surface area contributed by atoms with Crippen LogP contribution in [0.5, 0.6) is 5.75 Å². The number of fused-ring (bicyclic) bond motifs is 1. The first-order chi connectivity index (χ1) is 15.9. The van der Waals surface area contributed by atoms with E-state index in [9.17, 15) is 9.59 Å². The van der Waals surface area contributed by atoms with Crippen molar-refractivity contribution < 1.29 is 14.3 Å². The van der Waals surface area contributed by atoms with Crippen molar-refractivity contribution in [3.63, 3.8) is 0 Å². The van der Waals surface area contributed by atoms with Crippen LogP contribution in [0.1, 0.15) is 26.3 Å². The summed E-state index contributed by atoms with van der Waals surface area (Å²) >= 11 is 18.0. The van der Waals surface area contributed by atoms with E-state index in [2.05, 4.69) is 10.5 Å². The standard InChI is InChI=1S/C25H15Cl3N2O3/c26-17-6-3-5-16(12-17)24(31)30-29-14-21-19-7-2-1-4-15(19)8-11-23(21)33-25(32)20-10-9-18(27)13-22(20)28/h1-14H,(H,30,31)/b29-14-. The molecule has 33 heavy (non-hydrogen) atoms. The van der Waals surface area contributed by atoms with Crippen molar-refractivity contribution in [3.8, 4) is 5.75 Å². The molecule has 0 spiro atoms. The number of rotatable bonds is 5. The molecule has 0 bridgehead atoms. The molecule has 0 aromatic heterocycles. The Morgan fingerprint density at radius 3 is 2.42 bits per heavy atom. The number of esters is 1. The van der Waals surface area contributed by atoms with Crippen molar-refractivity contribution in [1.29, 1.82) is 0 Å². The smallest absolute Gasteiger partial charge is 0.345 e. The molecule has 4 aromatic carbocycles. The van der Waals surface area contributed by atoms with Gasteiger partial charge in [-0.15, -0.1) is 0 Å². The van der Waals surface area contributed by atoms with Gasteiger partial charge >= 0.3 is 5.97 Å². The van der Waals surface area contributed by atoms with E-state index in [-0.39, 0.29) is 16.3 Å². The molecule has 0 atom stereocenters. The number of benzene rings is 4. The van der Waals surface area contributed by atoms with Crippen molar-refractivity contribution in [2.45, 2.75) is 0 Å². The highest BCUT2D eigenvalue weighted by Gasteiger charge is 2.16. The third-order valence-electron chi connectivity index (χ3n) is 4.73. The van der Waals surface area contributed by atoms with Crippen LogP contribution in [0.15, 0.2) is 84.0 Å². The zero-order valence-electron chi connectivity index (χ0n) is 16.9. The van der Waals surface area contributed by atoms with Gasteiger partial charge in [-0.25, -0.2) is 10.2 Å². The molecular weight excluding hydrogens is 483 g/mol. The number of hydrazone groups is 1. The van der Waals surface area contributed by atoms with Crippen molar-refractivity contribution in [2.24, 2.45) is 5.10 Å². The van der Waals surface area contributed by atoms with Crippen molar-refractivity contribution in [2.75, 3.05) is 0 Å². The van der Waals surface area contributed by atoms with Gasteiger partial charge in [-0.05, 0) is 53.2 Å². The van der Waals surface area contributed by atoms with Gasteiger partial charge in [0.25, 0.3) is 5.91 Å². The highest BCUT2D eigenvalue weighted by molar-refractivity contribution is 6.36. The first-order valence-corrected chi connectivity index (χ1v) is 10.8. The second-order valence-electron chi connectivity index (χ2n) is 6.92. The zero-order valence-corrected chi connectivity index (χ0v) is 19.2. The van der Waals surface area contributed by atoms with Gasteiger partial charge in [0.2, 0.25) is 0 Å². The van der Waals surface area contributed by atoms with Gasteiger partial charge in [0.05, 0.1) is 16.8 Å². The van der Waals surface area contributed by atoms with Crippen LogP contribution in [0.4, 0.5) is 0 Å². The number of ether oxygens (including phenoxy) is 1. The molecular formula is C25H15Cl3N2O3. The number of carbonyl (C=O) groups excluding carboxylic acids is 2. The molecule has 0 unspecified atom stereocenters. The molecule has 4 aromatic rings. The molecule has 0 aliphatic rings. The number of carbonyl (C=O) groups is 2. The summed E-state index contributed by atoms with van der Waals surface area (Å²) in [6, 6.07) is 22.0. The van der Waals surface area contributed by atoms with Gasteiger partial charge in [0.15, 0.2) is 0 Å². The molecule has 5 nitrogen and oxygen atoms in total. The number of nitrogens with one attached hydrogen (secondary N) is 1. The summed E-state index contributed by atoms with van der Waals surface area (Å²) in [5.41, 5.74) is 3.51. The molecule has 8 heteroatoms. The Morgan fingerprint density at radius 1 is 0.848 bits per heavy atom. The summed E-state index contributed by atoms with van der Waals surface area (Å²) in [6.45, 7) is 0. The number of hydrogen-bond donors (Lipinski definition) is 1. The number of hydrogen-bond acceptors (Lipinski definition) is 4. The molecule has 0 aliphatic heterocycles. The number of amides is 1. The Bertz CT molecular complexity index is 1400. The molecule has 1 amide bonds. The van der Waals surface area contributed by atoms with Crippen LogP contribution in [0.2, 0.25) is 15.1 Å². The van der Waals surface area contributed by atoms with Crippen LogP contribution >= 0.6 is 34.8 Å². The zero-order chi connectivity index (χ0) is 23.4.